The molecule has 1 atom stereocenters. The summed E-state index contributed by atoms with van der Waals surface area (Å²) in [6, 6.07) is 5.13. The van der Waals surface area contributed by atoms with Gasteiger partial charge in [0, 0.05) is 29.3 Å². The number of hydrogen-bond acceptors (Lipinski definition) is 3. The maximum atomic E-state index is 12.3. The van der Waals surface area contributed by atoms with E-state index in [9.17, 15) is 14.7 Å². The molecule has 6 nitrogen and oxygen atoms in total. The van der Waals surface area contributed by atoms with Crippen LogP contribution in [-0.2, 0) is 4.79 Å². The van der Waals surface area contributed by atoms with E-state index in [1.165, 1.54) is 0 Å². The fourth-order valence-corrected chi connectivity index (χ4v) is 2.99. The molecule has 2 rings (SSSR count). The number of rotatable bonds is 7. The van der Waals surface area contributed by atoms with Gasteiger partial charge in [-0.05, 0) is 43.4 Å². The Hall–Kier alpha value is -2.08. The highest BCUT2D eigenvalue weighted by Crippen LogP contribution is 2.50. The minimum Gasteiger partial charge on any atom is -0.392 e. The van der Waals surface area contributed by atoms with Gasteiger partial charge >= 0.3 is 6.03 Å². The highest BCUT2D eigenvalue weighted by molar-refractivity contribution is 5.94. The second kappa shape index (κ2) is 8.08. The molecule has 144 valence electrons. The number of amides is 3. The minimum atomic E-state index is -0.404. The Bertz CT molecular complexity index is 666. The zero-order valence-electron chi connectivity index (χ0n) is 16.3. The molecule has 6 heteroatoms. The maximum absolute atomic E-state index is 12.3. The summed E-state index contributed by atoms with van der Waals surface area (Å²) < 4.78 is 0. The van der Waals surface area contributed by atoms with Crippen molar-refractivity contribution in [1.29, 1.82) is 0 Å². The lowest BCUT2D eigenvalue weighted by atomic mass is 9.90. The van der Waals surface area contributed by atoms with Crippen molar-refractivity contribution in [2.75, 3.05) is 17.2 Å². The number of benzene rings is 1. The van der Waals surface area contributed by atoms with E-state index >= 15 is 0 Å². The highest BCUT2D eigenvalue weighted by Gasteiger charge is 2.49. The van der Waals surface area contributed by atoms with Crippen LogP contribution in [0.25, 0.3) is 0 Å². The number of hydrogen-bond donors (Lipinski definition) is 4. The third-order valence-electron chi connectivity index (χ3n) is 5.03. The molecule has 1 aliphatic rings. The number of aliphatic hydroxyl groups excluding tert-OH is 1. The molecule has 0 saturated heterocycles. The van der Waals surface area contributed by atoms with Gasteiger partial charge in [-0.25, -0.2) is 4.79 Å². The zero-order chi connectivity index (χ0) is 19.5. The van der Waals surface area contributed by atoms with Crippen LogP contribution in [0.5, 0.6) is 0 Å². The molecule has 0 bridgehead atoms. The first kappa shape index (κ1) is 20.2. The van der Waals surface area contributed by atoms with Gasteiger partial charge in [-0.15, -0.1) is 0 Å². The fourth-order valence-electron chi connectivity index (χ4n) is 2.99. The van der Waals surface area contributed by atoms with Crippen molar-refractivity contribution in [1.82, 2.24) is 5.32 Å². The maximum Gasteiger partial charge on any atom is 0.319 e. The molecule has 1 aromatic carbocycles. The molecular weight excluding hydrogens is 330 g/mol. The normalized spacial score (nSPS) is 16.3. The van der Waals surface area contributed by atoms with Crippen molar-refractivity contribution < 1.29 is 14.7 Å². The highest BCUT2D eigenvalue weighted by atomic mass is 16.3. The Kier molecular flexibility index (Phi) is 6.29. The average molecular weight is 361 g/mol. The van der Waals surface area contributed by atoms with Crippen molar-refractivity contribution >= 4 is 23.3 Å². The molecule has 0 aromatic heterocycles. The van der Waals surface area contributed by atoms with Gasteiger partial charge < -0.3 is 21.1 Å². The number of aryl methyl sites for hydroxylation is 1. The summed E-state index contributed by atoms with van der Waals surface area (Å²) in [5, 5.41) is 18.9. The Labute approximate surface area is 155 Å². The molecule has 1 fully saturated rings. The lowest BCUT2D eigenvalue weighted by Crippen LogP contribution is -2.40. The van der Waals surface area contributed by atoms with Crippen molar-refractivity contribution in [3.63, 3.8) is 0 Å². The second-order valence-corrected chi connectivity index (χ2v) is 8.03. The van der Waals surface area contributed by atoms with Crippen LogP contribution in [0, 0.1) is 24.2 Å². The van der Waals surface area contributed by atoms with Crippen LogP contribution in [0.4, 0.5) is 16.2 Å². The average Bonchev–Trinajstić information content (AvgIpc) is 3.36. The van der Waals surface area contributed by atoms with Gasteiger partial charge in [-0.1, -0.05) is 33.8 Å². The largest absolute Gasteiger partial charge is 0.392 e. The molecule has 26 heavy (non-hydrogen) atoms. The Morgan fingerprint density at radius 2 is 1.81 bits per heavy atom. The van der Waals surface area contributed by atoms with E-state index in [4.69, 9.17) is 0 Å². The standard InChI is InChI=1S/C20H31N3O3/c1-12(2)17(24)20(8-9-20)11-21-19(26)23-16-10-15(7-6-14(16)5)22-18(25)13(3)4/h6-7,10,12-13,17,24H,8-9,11H2,1-5H3,(H,22,25)(H2,21,23,26). The van der Waals surface area contributed by atoms with E-state index in [-0.39, 0.29) is 29.2 Å². The molecule has 4 N–H and O–H groups in total. The summed E-state index contributed by atoms with van der Waals surface area (Å²) in [5.41, 5.74) is 2.02. The van der Waals surface area contributed by atoms with Crippen molar-refractivity contribution in [3.05, 3.63) is 23.8 Å². The lowest BCUT2D eigenvalue weighted by molar-refractivity contribution is -0.118. The first-order valence-electron chi connectivity index (χ1n) is 9.29. The van der Waals surface area contributed by atoms with Crippen LogP contribution in [-0.4, -0.2) is 29.7 Å². The van der Waals surface area contributed by atoms with Gasteiger partial charge in [0.2, 0.25) is 5.91 Å². The van der Waals surface area contributed by atoms with Crippen LogP contribution in [0.15, 0.2) is 18.2 Å². The van der Waals surface area contributed by atoms with Crippen molar-refractivity contribution in [2.45, 2.75) is 53.6 Å². The van der Waals surface area contributed by atoms with Gasteiger partial charge in [-0.3, -0.25) is 4.79 Å². The molecular formula is C20H31N3O3. The Balaban J connectivity index is 1.95. The summed E-state index contributed by atoms with van der Waals surface area (Å²) in [5.74, 6) is -0.00779. The predicted molar refractivity (Wildman–Crippen MR) is 104 cm³/mol. The Morgan fingerprint density at radius 3 is 2.35 bits per heavy atom. The summed E-state index contributed by atoms with van der Waals surface area (Å²) in [6.45, 7) is 10.00. The molecule has 1 aliphatic carbocycles. The molecule has 3 amide bonds. The number of carbonyl (C=O) groups excluding carboxylic acids is 2. The van der Waals surface area contributed by atoms with E-state index in [2.05, 4.69) is 16.0 Å². The molecule has 0 heterocycles. The summed E-state index contributed by atoms with van der Waals surface area (Å²) >= 11 is 0. The molecule has 0 aliphatic heterocycles. The second-order valence-electron chi connectivity index (χ2n) is 8.03. The quantitative estimate of drug-likeness (QED) is 0.599. The number of anilines is 2. The number of aliphatic hydroxyl groups is 1. The Morgan fingerprint density at radius 1 is 1.15 bits per heavy atom. The van der Waals surface area contributed by atoms with Gasteiger partial charge in [0.1, 0.15) is 0 Å². The summed E-state index contributed by atoms with van der Waals surface area (Å²) in [4.78, 5) is 24.1. The van der Waals surface area contributed by atoms with Gasteiger partial charge in [0.25, 0.3) is 0 Å². The minimum absolute atomic E-state index is 0.0670. The first-order valence-corrected chi connectivity index (χ1v) is 9.29. The molecule has 1 saturated carbocycles. The zero-order valence-corrected chi connectivity index (χ0v) is 16.3. The lowest BCUT2D eigenvalue weighted by Gasteiger charge is -2.25. The monoisotopic (exact) mass is 361 g/mol. The number of urea groups is 1. The molecule has 1 aromatic rings. The van der Waals surface area contributed by atoms with E-state index in [0.717, 1.165) is 18.4 Å². The summed E-state index contributed by atoms with van der Waals surface area (Å²) in [7, 11) is 0. The van der Waals surface area contributed by atoms with Gasteiger partial charge in [0.15, 0.2) is 0 Å². The number of carbonyl (C=O) groups is 2. The van der Waals surface area contributed by atoms with Crippen LogP contribution in [0.1, 0.15) is 46.1 Å². The van der Waals surface area contributed by atoms with E-state index in [0.29, 0.717) is 17.9 Å². The SMILES string of the molecule is Cc1ccc(NC(=O)C(C)C)cc1NC(=O)NCC1(C(O)C(C)C)CC1. The van der Waals surface area contributed by atoms with E-state index in [1.807, 2.05) is 46.8 Å². The topological polar surface area (TPSA) is 90.5 Å². The number of nitrogens with one attached hydrogen (secondary N) is 3. The van der Waals surface area contributed by atoms with Crippen LogP contribution in [0.2, 0.25) is 0 Å². The third kappa shape index (κ3) is 4.97. The summed E-state index contributed by atoms with van der Waals surface area (Å²) in [6.07, 6.45) is 1.46. The fraction of sp³-hybridized carbons (Fsp3) is 0.600. The van der Waals surface area contributed by atoms with E-state index in [1.54, 1.807) is 6.07 Å². The predicted octanol–water partition coefficient (Wildman–Crippen LogP) is 3.51. The van der Waals surface area contributed by atoms with Crippen LogP contribution in [0.3, 0.4) is 0 Å². The molecule has 0 spiro atoms. The van der Waals surface area contributed by atoms with E-state index < -0.39 is 6.10 Å². The van der Waals surface area contributed by atoms with Gasteiger partial charge in [0.05, 0.1) is 6.10 Å². The molecule has 0 radical (unpaired) electrons. The molecule has 1 unspecified atom stereocenters. The van der Waals surface area contributed by atoms with Crippen LogP contribution < -0.4 is 16.0 Å². The van der Waals surface area contributed by atoms with Crippen LogP contribution >= 0.6 is 0 Å². The smallest absolute Gasteiger partial charge is 0.319 e. The van der Waals surface area contributed by atoms with Crippen molar-refractivity contribution in [3.8, 4) is 0 Å². The third-order valence-corrected chi connectivity index (χ3v) is 5.03. The van der Waals surface area contributed by atoms with Crippen molar-refractivity contribution in [2.24, 2.45) is 17.3 Å². The first-order chi connectivity index (χ1) is 12.1. The van der Waals surface area contributed by atoms with Gasteiger partial charge in [-0.2, -0.15) is 0 Å².